The highest BCUT2D eigenvalue weighted by Crippen LogP contribution is 2.20. The number of aromatic nitrogens is 1. The van der Waals surface area contributed by atoms with Crippen LogP contribution in [0.5, 0.6) is 0 Å². The van der Waals surface area contributed by atoms with E-state index in [1.54, 1.807) is 6.20 Å². The lowest BCUT2D eigenvalue weighted by Crippen LogP contribution is -2.27. The van der Waals surface area contributed by atoms with Gasteiger partial charge in [0.2, 0.25) is 0 Å². The number of aliphatic hydroxyl groups excluding tert-OH is 1. The van der Waals surface area contributed by atoms with Crippen LogP contribution in [-0.2, 0) is 6.54 Å². The molecule has 1 heterocycles. The van der Waals surface area contributed by atoms with Crippen molar-refractivity contribution in [3.8, 4) is 0 Å². The molecule has 0 atom stereocenters. The number of rotatable bonds is 6. The van der Waals surface area contributed by atoms with Crippen LogP contribution < -0.4 is 0 Å². The predicted molar refractivity (Wildman–Crippen MR) is 74.4 cm³/mol. The topological polar surface area (TPSA) is 36.4 Å². The molecule has 0 aliphatic heterocycles. The lowest BCUT2D eigenvalue weighted by Gasteiger charge is -2.21. The molecular formula is C15H19FN2O. The number of aliphatic hydroxyl groups is 1. The highest BCUT2D eigenvalue weighted by Gasteiger charge is 2.10. The van der Waals surface area contributed by atoms with E-state index in [1.165, 1.54) is 12.1 Å². The van der Waals surface area contributed by atoms with Crippen LogP contribution in [0.4, 0.5) is 4.39 Å². The number of pyridine rings is 1. The zero-order valence-electron chi connectivity index (χ0n) is 11.1. The second kappa shape index (κ2) is 6.59. The Balaban J connectivity index is 2.32. The maximum absolute atomic E-state index is 13.6. The van der Waals surface area contributed by atoms with Gasteiger partial charge in [-0.05, 0) is 36.7 Å². The third-order valence-corrected chi connectivity index (χ3v) is 3.10. The van der Waals surface area contributed by atoms with Crippen molar-refractivity contribution in [1.82, 2.24) is 9.88 Å². The second-order valence-corrected chi connectivity index (χ2v) is 4.64. The molecule has 102 valence electrons. The summed E-state index contributed by atoms with van der Waals surface area (Å²) in [6.45, 7) is 4.29. The number of benzene rings is 1. The Morgan fingerprint density at radius 3 is 2.89 bits per heavy atom. The first-order valence-electron chi connectivity index (χ1n) is 6.61. The second-order valence-electron chi connectivity index (χ2n) is 4.64. The fourth-order valence-corrected chi connectivity index (χ4v) is 2.32. The van der Waals surface area contributed by atoms with E-state index in [9.17, 15) is 4.39 Å². The molecule has 19 heavy (non-hydrogen) atoms. The Bertz CT molecular complexity index is 539. The summed E-state index contributed by atoms with van der Waals surface area (Å²) < 4.78 is 13.6. The molecule has 0 aliphatic rings. The van der Waals surface area contributed by atoms with Crippen molar-refractivity contribution in [2.45, 2.75) is 19.9 Å². The van der Waals surface area contributed by atoms with Crippen LogP contribution in [0.3, 0.4) is 0 Å². The van der Waals surface area contributed by atoms with Crippen molar-refractivity contribution in [3.05, 3.63) is 41.8 Å². The van der Waals surface area contributed by atoms with Crippen molar-refractivity contribution in [2.24, 2.45) is 0 Å². The summed E-state index contributed by atoms with van der Waals surface area (Å²) in [6.07, 6.45) is 2.72. The summed E-state index contributed by atoms with van der Waals surface area (Å²) >= 11 is 0. The van der Waals surface area contributed by atoms with Crippen molar-refractivity contribution < 1.29 is 9.50 Å². The fraction of sp³-hybridized carbons (Fsp3) is 0.400. The molecule has 0 aliphatic carbocycles. The summed E-state index contributed by atoms with van der Waals surface area (Å²) in [5.74, 6) is -0.240. The Morgan fingerprint density at radius 2 is 2.16 bits per heavy atom. The molecule has 1 aromatic carbocycles. The first-order valence-corrected chi connectivity index (χ1v) is 6.61. The maximum atomic E-state index is 13.6. The summed E-state index contributed by atoms with van der Waals surface area (Å²) in [4.78, 5) is 6.45. The van der Waals surface area contributed by atoms with Crippen LogP contribution in [0.25, 0.3) is 10.9 Å². The molecule has 0 amide bonds. The van der Waals surface area contributed by atoms with Gasteiger partial charge in [0.25, 0.3) is 0 Å². The Kier molecular flexibility index (Phi) is 4.82. The molecule has 4 heteroatoms. The summed E-state index contributed by atoms with van der Waals surface area (Å²) in [6, 6.07) is 6.71. The molecule has 0 unspecified atom stereocenters. The lowest BCUT2D eigenvalue weighted by molar-refractivity contribution is 0.190. The number of hydrogen-bond donors (Lipinski definition) is 1. The Hall–Kier alpha value is -1.52. The molecule has 0 fully saturated rings. The highest BCUT2D eigenvalue weighted by molar-refractivity contribution is 5.81. The van der Waals surface area contributed by atoms with Crippen LogP contribution in [0.15, 0.2) is 30.5 Å². The van der Waals surface area contributed by atoms with E-state index in [0.717, 1.165) is 29.4 Å². The van der Waals surface area contributed by atoms with E-state index in [0.29, 0.717) is 13.1 Å². The SMILES string of the molecule is CCCN(CCO)Cc1cc(F)cc2cccnc12. The Labute approximate surface area is 112 Å². The first kappa shape index (κ1) is 13.9. The molecule has 0 saturated carbocycles. The predicted octanol–water partition coefficient (Wildman–Crippen LogP) is 2.58. The van der Waals surface area contributed by atoms with E-state index in [-0.39, 0.29) is 12.4 Å². The zero-order chi connectivity index (χ0) is 13.7. The van der Waals surface area contributed by atoms with Crippen LogP contribution in [0.2, 0.25) is 0 Å². The van der Waals surface area contributed by atoms with E-state index in [1.807, 2.05) is 12.1 Å². The van der Waals surface area contributed by atoms with Crippen LogP contribution >= 0.6 is 0 Å². The number of hydrogen-bond acceptors (Lipinski definition) is 3. The monoisotopic (exact) mass is 262 g/mol. The standard InChI is InChI=1S/C15H19FN2O/c1-2-6-18(7-8-19)11-13-10-14(16)9-12-4-3-5-17-15(12)13/h3-5,9-10,19H,2,6-8,11H2,1H3. The van der Waals surface area contributed by atoms with Crippen molar-refractivity contribution in [3.63, 3.8) is 0 Å². The molecule has 0 saturated heterocycles. The first-order chi connectivity index (χ1) is 9.24. The van der Waals surface area contributed by atoms with Gasteiger partial charge in [0.15, 0.2) is 0 Å². The summed E-state index contributed by atoms with van der Waals surface area (Å²) in [5.41, 5.74) is 1.71. The molecule has 2 rings (SSSR count). The average molecular weight is 262 g/mol. The van der Waals surface area contributed by atoms with E-state index < -0.39 is 0 Å². The van der Waals surface area contributed by atoms with Gasteiger partial charge < -0.3 is 5.11 Å². The molecular weight excluding hydrogens is 243 g/mol. The minimum Gasteiger partial charge on any atom is -0.395 e. The van der Waals surface area contributed by atoms with Crippen LogP contribution in [0.1, 0.15) is 18.9 Å². The van der Waals surface area contributed by atoms with E-state index >= 15 is 0 Å². The molecule has 0 radical (unpaired) electrons. The highest BCUT2D eigenvalue weighted by atomic mass is 19.1. The third kappa shape index (κ3) is 3.49. The van der Waals surface area contributed by atoms with Gasteiger partial charge >= 0.3 is 0 Å². The lowest BCUT2D eigenvalue weighted by atomic mass is 10.1. The number of fused-ring (bicyclic) bond motifs is 1. The van der Waals surface area contributed by atoms with Gasteiger partial charge in [-0.25, -0.2) is 4.39 Å². The van der Waals surface area contributed by atoms with Crippen molar-refractivity contribution in [1.29, 1.82) is 0 Å². The quantitative estimate of drug-likeness (QED) is 0.869. The van der Waals surface area contributed by atoms with Gasteiger partial charge in [-0.2, -0.15) is 0 Å². The molecule has 1 aromatic heterocycles. The van der Waals surface area contributed by atoms with Gasteiger partial charge in [0.05, 0.1) is 12.1 Å². The fourth-order valence-electron chi connectivity index (χ4n) is 2.32. The number of halogens is 1. The van der Waals surface area contributed by atoms with Gasteiger partial charge in [0.1, 0.15) is 5.82 Å². The molecule has 0 spiro atoms. The smallest absolute Gasteiger partial charge is 0.124 e. The molecule has 2 aromatic rings. The zero-order valence-corrected chi connectivity index (χ0v) is 11.1. The summed E-state index contributed by atoms with van der Waals surface area (Å²) in [7, 11) is 0. The third-order valence-electron chi connectivity index (χ3n) is 3.10. The van der Waals surface area contributed by atoms with Crippen molar-refractivity contribution in [2.75, 3.05) is 19.7 Å². The normalized spacial score (nSPS) is 11.4. The molecule has 3 nitrogen and oxygen atoms in total. The van der Waals surface area contributed by atoms with Crippen LogP contribution in [-0.4, -0.2) is 34.7 Å². The van der Waals surface area contributed by atoms with E-state index in [4.69, 9.17) is 5.11 Å². The van der Waals surface area contributed by atoms with Gasteiger partial charge in [-0.15, -0.1) is 0 Å². The minimum absolute atomic E-state index is 0.112. The molecule has 1 N–H and O–H groups in total. The summed E-state index contributed by atoms with van der Waals surface area (Å²) in [5, 5.41) is 9.90. The van der Waals surface area contributed by atoms with Gasteiger partial charge in [0, 0.05) is 24.7 Å². The van der Waals surface area contributed by atoms with Crippen LogP contribution in [0, 0.1) is 5.82 Å². The van der Waals surface area contributed by atoms with Gasteiger partial charge in [-0.3, -0.25) is 9.88 Å². The molecule has 0 bridgehead atoms. The number of nitrogens with zero attached hydrogens (tertiary/aromatic N) is 2. The van der Waals surface area contributed by atoms with Crippen molar-refractivity contribution >= 4 is 10.9 Å². The van der Waals surface area contributed by atoms with E-state index in [2.05, 4.69) is 16.8 Å². The minimum atomic E-state index is -0.240. The van der Waals surface area contributed by atoms with Gasteiger partial charge in [-0.1, -0.05) is 13.0 Å². The largest absolute Gasteiger partial charge is 0.395 e. The average Bonchev–Trinajstić information content (AvgIpc) is 2.39. The maximum Gasteiger partial charge on any atom is 0.124 e. The Morgan fingerprint density at radius 1 is 1.32 bits per heavy atom.